The molecule has 7 nitrogen and oxygen atoms in total. The first kappa shape index (κ1) is 31.9. The summed E-state index contributed by atoms with van der Waals surface area (Å²) >= 11 is 1.07. The molecule has 4 aromatic rings. The van der Waals surface area contributed by atoms with E-state index in [1.807, 2.05) is 143 Å². The van der Waals surface area contributed by atoms with Gasteiger partial charge >= 0.3 is 6.09 Å². The lowest BCUT2D eigenvalue weighted by atomic mass is 9.75. The van der Waals surface area contributed by atoms with Gasteiger partial charge in [-0.15, -0.1) is 0 Å². The summed E-state index contributed by atoms with van der Waals surface area (Å²) < 4.78 is 11.2. The van der Waals surface area contributed by atoms with Crippen LogP contribution in [0.3, 0.4) is 0 Å². The summed E-state index contributed by atoms with van der Waals surface area (Å²) in [6.07, 6.45) is -0.107. The molecule has 1 saturated heterocycles. The summed E-state index contributed by atoms with van der Waals surface area (Å²) in [7, 11) is 0. The number of benzene rings is 4. The normalized spacial score (nSPS) is 15.9. The first-order valence-corrected chi connectivity index (χ1v) is 15.9. The van der Waals surface area contributed by atoms with E-state index in [0.717, 1.165) is 34.0 Å². The van der Waals surface area contributed by atoms with Gasteiger partial charge in [-0.2, -0.15) is 0 Å². The Bertz CT molecular complexity index is 1510. The quantitative estimate of drug-likeness (QED) is 0.184. The fourth-order valence-electron chi connectivity index (χ4n) is 5.52. The molecule has 45 heavy (non-hydrogen) atoms. The minimum atomic E-state index is -1.14. The van der Waals surface area contributed by atoms with Crippen molar-refractivity contribution in [3.05, 3.63) is 138 Å². The Kier molecular flexibility index (Phi) is 9.63. The second-order valence-electron chi connectivity index (χ2n) is 12.1. The van der Waals surface area contributed by atoms with Crippen LogP contribution in [0.2, 0.25) is 0 Å². The summed E-state index contributed by atoms with van der Waals surface area (Å²) in [5.41, 5.74) is 1.70. The Morgan fingerprint density at radius 1 is 0.800 bits per heavy atom. The zero-order valence-corrected chi connectivity index (χ0v) is 26.8. The van der Waals surface area contributed by atoms with Gasteiger partial charge in [-0.1, -0.05) is 115 Å². The van der Waals surface area contributed by atoms with Gasteiger partial charge in [-0.25, -0.2) is 4.79 Å². The molecule has 1 aliphatic rings. The number of rotatable bonds is 10. The number of hydrogen-bond donors (Lipinski definition) is 1. The van der Waals surface area contributed by atoms with E-state index in [1.54, 1.807) is 0 Å². The Hall–Kier alpha value is -4.56. The molecule has 1 heterocycles. The minimum absolute atomic E-state index is 0.232. The van der Waals surface area contributed by atoms with Gasteiger partial charge in [-0.3, -0.25) is 14.5 Å². The summed E-state index contributed by atoms with van der Waals surface area (Å²) in [5.74, 6) is 0.403. The first-order chi connectivity index (χ1) is 21.6. The van der Waals surface area contributed by atoms with Crippen molar-refractivity contribution in [1.29, 1.82) is 0 Å². The predicted molar refractivity (Wildman–Crippen MR) is 177 cm³/mol. The Morgan fingerprint density at radius 3 is 1.76 bits per heavy atom. The average molecular weight is 623 g/mol. The topological polar surface area (TPSA) is 84.9 Å². The highest BCUT2D eigenvalue weighted by Gasteiger charge is 2.53. The average Bonchev–Trinajstić information content (AvgIpc) is 3.30. The van der Waals surface area contributed by atoms with Gasteiger partial charge in [0.1, 0.15) is 23.5 Å². The summed E-state index contributed by atoms with van der Waals surface area (Å²) in [6, 6.07) is 36.5. The van der Waals surface area contributed by atoms with Crippen LogP contribution in [0.5, 0.6) is 5.75 Å². The van der Waals surface area contributed by atoms with Crippen LogP contribution >= 0.6 is 11.8 Å². The van der Waals surface area contributed by atoms with Crippen molar-refractivity contribution in [3.8, 4) is 5.75 Å². The van der Waals surface area contributed by atoms with Crippen molar-refractivity contribution in [1.82, 2.24) is 10.2 Å². The lowest BCUT2D eigenvalue weighted by Gasteiger charge is -2.42. The second-order valence-corrected chi connectivity index (χ2v) is 13.2. The SMILES string of the molecule is CC(COc1ccc(CC2SC(=O)N(C(c3ccccc3)(c3ccccc3)c3ccccc3)C2=O)cc1)NC(=O)OC(C)(C)C. The van der Waals surface area contributed by atoms with Crippen LogP contribution in [-0.4, -0.2) is 45.6 Å². The molecule has 0 radical (unpaired) electrons. The molecule has 8 heteroatoms. The second kappa shape index (κ2) is 13.6. The summed E-state index contributed by atoms with van der Waals surface area (Å²) in [4.78, 5) is 41.7. The first-order valence-electron chi connectivity index (χ1n) is 15.0. The van der Waals surface area contributed by atoms with Crippen molar-refractivity contribution in [3.63, 3.8) is 0 Å². The van der Waals surface area contributed by atoms with Crippen LogP contribution in [0, 0.1) is 0 Å². The van der Waals surface area contributed by atoms with E-state index < -0.39 is 22.5 Å². The lowest BCUT2D eigenvalue weighted by molar-refractivity contribution is -0.129. The fourth-order valence-corrected chi connectivity index (χ4v) is 6.58. The molecule has 0 aromatic heterocycles. The molecular formula is C37H38N2O5S. The molecule has 5 rings (SSSR count). The molecular weight excluding hydrogens is 584 g/mol. The van der Waals surface area contributed by atoms with Gasteiger partial charge in [-0.05, 0) is 68.5 Å². The third kappa shape index (κ3) is 7.23. The molecule has 4 aromatic carbocycles. The number of carbonyl (C=O) groups excluding carboxylic acids is 3. The number of nitrogens with one attached hydrogen (secondary N) is 1. The van der Waals surface area contributed by atoms with Crippen molar-refractivity contribution in [2.24, 2.45) is 0 Å². The van der Waals surface area contributed by atoms with Crippen molar-refractivity contribution in [2.75, 3.05) is 6.61 Å². The molecule has 0 aliphatic carbocycles. The highest BCUT2D eigenvalue weighted by molar-refractivity contribution is 8.15. The fraction of sp³-hybridized carbons (Fsp3) is 0.270. The number of amides is 3. The molecule has 1 N–H and O–H groups in total. The van der Waals surface area contributed by atoms with Gasteiger partial charge in [0.15, 0.2) is 0 Å². The van der Waals surface area contributed by atoms with E-state index in [2.05, 4.69) is 5.32 Å². The predicted octanol–water partition coefficient (Wildman–Crippen LogP) is 7.58. The number of ether oxygens (including phenoxy) is 2. The lowest BCUT2D eigenvalue weighted by Crippen LogP contribution is -2.51. The van der Waals surface area contributed by atoms with Gasteiger partial charge in [0.25, 0.3) is 5.24 Å². The zero-order valence-electron chi connectivity index (χ0n) is 25.9. The number of imide groups is 1. The number of hydrogen-bond acceptors (Lipinski definition) is 6. The van der Waals surface area contributed by atoms with Crippen LogP contribution in [0.1, 0.15) is 49.9 Å². The molecule has 1 fully saturated rings. The van der Waals surface area contributed by atoms with Crippen molar-refractivity contribution in [2.45, 2.75) is 56.5 Å². The number of nitrogens with zero attached hydrogens (tertiary/aromatic N) is 1. The van der Waals surface area contributed by atoms with E-state index in [1.165, 1.54) is 4.90 Å². The van der Waals surface area contributed by atoms with E-state index >= 15 is 0 Å². The molecule has 0 spiro atoms. The Balaban J connectivity index is 1.35. The van der Waals surface area contributed by atoms with Crippen LogP contribution in [0.4, 0.5) is 9.59 Å². The van der Waals surface area contributed by atoms with E-state index in [-0.39, 0.29) is 23.8 Å². The number of carbonyl (C=O) groups is 3. The molecule has 0 bridgehead atoms. The minimum Gasteiger partial charge on any atom is -0.491 e. The van der Waals surface area contributed by atoms with Crippen molar-refractivity contribution >= 4 is 29.0 Å². The molecule has 2 atom stereocenters. The number of alkyl carbamates (subject to hydrolysis) is 1. The van der Waals surface area contributed by atoms with E-state index in [0.29, 0.717) is 12.2 Å². The van der Waals surface area contributed by atoms with Crippen LogP contribution in [0.15, 0.2) is 115 Å². The third-order valence-corrected chi connectivity index (χ3v) is 8.48. The maximum Gasteiger partial charge on any atom is 0.407 e. The Labute approximate surface area is 268 Å². The van der Waals surface area contributed by atoms with Crippen LogP contribution in [0.25, 0.3) is 0 Å². The van der Waals surface area contributed by atoms with Gasteiger partial charge < -0.3 is 14.8 Å². The highest BCUT2D eigenvalue weighted by atomic mass is 32.2. The van der Waals surface area contributed by atoms with Gasteiger partial charge in [0, 0.05) is 0 Å². The summed E-state index contributed by atoms with van der Waals surface area (Å²) in [6.45, 7) is 7.54. The number of thioether (sulfide) groups is 1. The zero-order chi connectivity index (χ0) is 32.0. The molecule has 3 amide bonds. The standard InChI is InChI=1S/C37H38N2O5S/c1-26(38-34(41)44-36(2,3)4)25-43-31-22-20-27(21-23-31)24-32-33(40)39(35(42)45-32)37(28-14-8-5-9-15-28,29-16-10-6-11-17-29)30-18-12-7-13-19-30/h5-23,26,32H,24-25H2,1-4H3,(H,38,41). The van der Waals surface area contributed by atoms with Crippen LogP contribution < -0.4 is 10.1 Å². The maximum atomic E-state index is 14.3. The Morgan fingerprint density at radius 2 is 1.29 bits per heavy atom. The van der Waals surface area contributed by atoms with Gasteiger partial charge in [0.05, 0.1) is 11.3 Å². The molecule has 2 unspecified atom stereocenters. The smallest absolute Gasteiger partial charge is 0.407 e. The molecule has 1 aliphatic heterocycles. The van der Waals surface area contributed by atoms with E-state index in [4.69, 9.17) is 9.47 Å². The monoisotopic (exact) mass is 622 g/mol. The highest BCUT2D eigenvalue weighted by Crippen LogP contribution is 2.47. The summed E-state index contributed by atoms with van der Waals surface area (Å²) in [5, 5.41) is 1.89. The maximum absolute atomic E-state index is 14.3. The third-order valence-electron chi connectivity index (χ3n) is 7.44. The van der Waals surface area contributed by atoms with E-state index in [9.17, 15) is 14.4 Å². The van der Waals surface area contributed by atoms with Crippen molar-refractivity contribution < 1.29 is 23.9 Å². The molecule has 0 saturated carbocycles. The van der Waals surface area contributed by atoms with Crippen LogP contribution in [-0.2, 0) is 21.5 Å². The van der Waals surface area contributed by atoms with Gasteiger partial charge in [0.2, 0.25) is 5.91 Å². The largest absolute Gasteiger partial charge is 0.491 e. The molecule has 232 valence electrons.